The van der Waals surface area contributed by atoms with Crippen molar-refractivity contribution in [2.75, 3.05) is 19.8 Å². The molecule has 0 aromatic carbocycles. The maximum absolute atomic E-state index is 12.4. The molecule has 7 nitrogen and oxygen atoms in total. The summed E-state index contributed by atoms with van der Waals surface area (Å²) in [6.07, 6.45) is 1.53. The fourth-order valence-corrected chi connectivity index (χ4v) is 2.84. The summed E-state index contributed by atoms with van der Waals surface area (Å²) in [5.41, 5.74) is 0.222. The van der Waals surface area contributed by atoms with Crippen LogP contribution in [-0.4, -0.2) is 52.7 Å². The molecule has 1 aliphatic rings. The number of thiazole rings is 1. The Balaban J connectivity index is 1.83. The van der Waals surface area contributed by atoms with Crippen LogP contribution < -0.4 is 0 Å². The van der Waals surface area contributed by atoms with Crippen LogP contribution in [0.25, 0.3) is 10.8 Å². The highest BCUT2D eigenvalue weighted by Crippen LogP contribution is 2.25. The van der Waals surface area contributed by atoms with Crippen LogP contribution in [0.15, 0.2) is 28.2 Å². The third kappa shape index (κ3) is 2.67. The molecular formula is C13H12N2O5S. The number of aromatic nitrogens is 1. The van der Waals surface area contributed by atoms with E-state index in [2.05, 4.69) is 4.98 Å². The topological polar surface area (TPSA) is 92.9 Å². The first-order valence-corrected chi connectivity index (χ1v) is 7.15. The molecule has 0 bridgehead atoms. The van der Waals surface area contributed by atoms with Gasteiger partial charge in [-0.1, -0.05) is 0 Å². The van der Waals surface area contributed by atoms with Gasteiger partial charge >= 0.3 is 5.97 Å². The molecule has 2 aromatic heterocycles. The highest BCUT2D eigenvalue weighted by Gasteiger charge is 2.34. The van der Waals surface area contributed by atoms with E-state index >= 15 is 0 Å². The van der Waals surface area contributed by atoms with Crippen LogP contribution in [0, 0.1) is 0 Å². The van der Waals surface area contributed by atoms with Crippen molar-refractivity contribution < 1.29 is 23.8 Å². The van der Waals surface area contributed by atoms with Crippen LogP contribution in [0.4, 0.5) is 0 Å². The Morgan fingerprint density at radius 3 is 3.05 bits per heavy atom. The molecule has 1 fully saturated rings. The van der Waals surface area contributed by atoms with Crippen LogP contribution >= 0.6 is 11.3 Å². The van der Waals surface area contributed by atoms with Crippen molar-refractivity contribution >= 4 is 23.2 Å². The molecule has 8 heteroatoms. The first-order valence-electron chi connectivity index (χ1n) is 6.28. The van der Waals surface area contributed by atoms with Gasteiger partial charge in [0.15, 0.2) is 16.8 Å². The zero-order valence-electron chi connectivity index (χ0n) is 10.9. The van der Waals surface area contributed by atoms with Crippen molar-refractivity contribution in [3.63, 3.8) is 0 Å². The number of hydrogen-bond acceptors (Lipinski definition) is 6. The lowest BCUT2D eigenvalue weighted by atomic mass is 10.2. The second-order valence-corrected chi connectivity index (χ2v) is 5.30. The van der Waals surface area contributed by atoms with Crippen LogP contribution in [0.2, 0.25) is 0 Å². The number of carbonyl (C=O) groups is 2. The number of amides is 1. The maximum atomic E-state index is 12.4. The Morgan fingerprint density at radius 2 is 2.33 bits per heavy atom. The molecule has 0 saturated carbocycles. The summed E-state index contributed by atoms with van der Waals surface area (Å²) in [5, 5.41) is 11.3. The minimum Gasteiger partial charge on any atom is -0.480 e. The van der Waals surface area contributed by atoms with Crippen LogP contribution in [0.3, 0.4) is 0 Å². The number of hydrogen-bond donors (Lipinski definition) is 1. The van der Waals surface area contributed by atoms with E-state index in [1.807, 2.05) is 0 Å². The van der Waals surface area contributed by atoms with Gasteiger partial charge in [0.05, 0.1) is 19.5 Å². The first-order chi connectivity index (χ1) is 10.2. The normalized spacial score (nSPS) is 18.7. The van der Waals surface area contributed by atoms with E-state index in [4.69, 9.17) is 14.3 Å². The second kappa shape index (κ2) is 5.66. The quantitative estimate of drug-likeness (QED) is 0.919. The molecular weight excluding hydrogens is 296 g/mol. The van der Waals surface area contributed by atoms with Gasteiger partial charge in [0.25, 0.3) is 5.91 Å². The molecule has 3 rings (SSSR count). The minimum absolute atomic E-state index is 0.00372. The molecule has 1 aliphatic heterocycles. The van der Waals surface area contributed by atoms with Crippen molar-refractivity contribution in [3.05, 3.63) is 29.5 Å². The number of carboxylic acids is 1. The Labute approximate surface area is 123 Å². The van der Waals surface area contributed by atoms with E-state index in [-0.39, 0.29) is 18.8 Å². The smallest absolute Gasteiger partial charge is 0.328 e. The molecule has 21 heavy (non-hydrogen) atoms. The molecule has 110 valence electrons. The number of carbonyl (C=O) groups excluding carboxylic acids is 1. The van der Waals surface area contributed by atoms with Gasteiger partial charge in [0, 0.05) is 11.9 Å². The highest BCUT2D eigenvalue weighted by atomic mass is 32.1. The van der Waals surface area contributed by atoms with Crippen molar-refractivity contribution in [1.29, 1.82) is 0 Å². The van der Waals surface area contributed by atoms with E-state index in [1.165, 1.54) is 22.5 Å². The molecule has 3 heterocycles. The molecule has 1 atom stereocenters. The Morgan fingerprint density at radius 1 is 1.48 bits per heavy atom. The Kier molecular flexibility index (Phi) is 3.72. The SMILES string of the molecule is O=C(O)[C@H]1COCCN1C(=O)c1csc(-c2ccco2)n1. The molecule has 1 saturated heterocycles. The van der Waals surface area contributed by atoms with Crippen LogP contribution in [0.1, 0.15) is 10.5 Å². The molecule has 1 amide bonds. The van der Waals surface area contributed by atoms with Gasteiger partial charge in [-0.25, -0.2) is 9.78 Å². The summed E-state index contributed by atoms with van der Waals surface area (Å²) in [5.74, 6) is -0.903. The summed E-state index contributed by atoms with van der Waals surface area (Å²) in [6, 6.07) is 2.52. The number of rotatable bonds is 3. The van der Waals surface area contributed by atoms with Crippen molar-refractivity contribution in [3.8, 4) is 10.8 Å². The summed E-state index contributed by atoms with van der Waals surface area (Å²) in [4.78, 5) is 29.1. The summed E-state index contributed by atoms with van der Waals surface area (Å²) < 4.78 is 10.3. The third-order valence-electron chi connectivity index (χ3n) is 3.13. The van der Waals surface area contributed by atoms with Gasteiger partial charge in [-0.15, -0.1) is 11.3 Å². The van der Waals surface area contributed by atoms with Gasteiger partial charge in [0.2, 0.25) is 0 Å². The lowest BCUT2D eigenvalue weighted by Crippen LogP contribution is -2.52. The predicted octanol–water partition coefficient (Wildman–Crippen LogP) is 1.33. The predicted molar refractivity (Wildman–Crippen MR) is 73.1 cm³/mol. The van der Waals surface area contributed by atoms with E-state index in [0.717, 1.165) is 0 Å². The largest absolute Gasteiger partial charge is 0.480 e. The van der Waals surface area contributed by atoms with Gasteiger partial charge in [0.1, 0.15) is 5.69 Å². The standard InChI is InChI=1S/C13H12N2O5S/c16-12(15-3-5-19-6-9(15)13(17)18)8-7-21-11(14-8)10-2-1-4-20-10/h1-2,4,7,9H,3,5-6H2,(H,17,18)/t9-/m1/s1. The number of morpholine rings is 1. The number of nitrogens with zero attached hydrogens (tertiary/aromatic N) is 2. The fourth-order valence-electron chi connectivity index (χ4n) is 2.08. The first kappa shape index (κ1) is 13.8. The average molecular weight is 308 g/mol. The zero-order chi connectivity index (χ0) is 14.8. The van der Waals surface area contributed by atoms with E-state index in [1.54, 1.807) is 17.5 Å². The molecule has 0 aliphatic carbocycles. The maximum Gasteiger partial charge on any atom is 0.328 e. The van der Waals surface area contributed by atoms with E-state index in [0.29, 0.717) is 17.4 Å². The lowest BCUT2D eigenvalue weighted by molar-refractivity contribution is -0.147. The number of carboxylic acid groups (broad SMARTS) is 1. The second-order valence-electron chi connectivity index (χ2n) is 4.44. The van der Waals surface area contributed by atoms with Gasteiger partial charge < -0.3 is 19.2 Å². The average Bonchev–Trinajstić information content (AvgIpc) is 3.17. The zero-order valence-corrected chi connectivity index (χ0v) is 11.7. The minimum atomic E-state index is -1.08. The molecule has 1 N–H and O–H groups in total. The van der Waals surface area contributed by atoms with E-state index in [9.17, 15) is 9.59 Å². The number of aliphatic carboxylic acids is 1. The van der Waals surface area contributed by atoms with Crippen LogP contribution in [0.5, 0.6) is 0 Å². The van der Waals surface area contributed by atoms with Gasteiger partial charge in [-0.2, -0.15) is 0 Å². The lowest BCUT2D eigenvalue weighted by Gasteiger charge is -2.32. The summed E-state index contributed by atoms with van der Waals surface area (Å²) in [7, 11) is 0. The Bertz CT molecular complexity index is 651. The number of furan rings is 1. The monoisotopic (exact) mass is 308 g/mol. The highest BCUT2D eigenvalue weighted by molar-refractivity contribution is 7.13. The third-order valence-corrected chi connectivity index (χ3v) is 3.99. The number of ether oxygens (including phenoxy) is 1. The summed E-state index contributed by atoms with van der Waals surface area (Å²) >= 11 is 1.28. The molecule has 2 aromatic rings. The molecule has 0 spiro atoms. The van der Waals surface area contributed by atoms with Crippen molar-refractivity contribution in [2.24, 2.45) is 0 Å². The summed E-state index contributed by atoms with van der Waals surface area (Å²) in [6.45, 7) is 0.560. The molecule has 0 unspecified atom stereocenters. The Hall–Kier alpha value is -2.19. The van der Waals surface area contributed by atoms with Gasteiger partial charge in [-0.05, 0) is 12.1 Å². The van der Waals surface area contributed by atoms with E-state index < -0.39 is 17.9 Å². The van der Waals surface area contributed by atoms with Gasteiger partial charge in [-0.3, -0.25) is 4.79 Å². The fraction of sp³-hybridized carbons (Fsp3) is 0.308. The van der Waals surface area contributed by atoms with Crippen molar-refractivity contribution in [1.82, 2.24) is 9.88 Å². The van der Waals surface area contributed by atoms with Crippen molar-refractivity contribution in [2.45, 2.75) is 6.04 Å². The molecule has 0 radical (unpaired) electrons. The van der Waals surface area contributed by atoms with Crippen LogP contribution in [-0.2, 0) is 9.53 Å².